The van der Waals surface area contributed by atoms with E-state index in [9.17, 15) is 9.59 Å². The van der Waals surface area contributed by atoms with Crippen molar-refractivity contribution in [2.75, 3.05) is 13.1 Å². The van der Waals surface area contributed by atoms with Crippen molar-refractivity contribution in [2.45, 2.75) is 38.1 Å². The summed E-state index contributed by atoms with van der Waals surface area (Å²) in [6.45, 7) is 1.68. The number of nitrogens with one attached hydrogen (secondary N) is 2. The van der Waals surface area contributed by atoms with Crippen LogP contribution in [0.15, 0.2) is 18.5 Å². The van der Waals surface area contributed by atoms with Crippen molar-refractivity contribution in [3.8, 4) is 0 Å². The molecule has 2 amide bonds. The number of carbonyl (C=O) groups excluding carboxylic acids is 2. The van der Waals surface area contributed by atoms with Crippen molar-refractivity contribution in [1.82, 2.24) is 15.2 Å². The van der Waals surface area contributed by atoms with Crippen LogP contribution in [-0.2, 0) is 4.79 Å². The molecule has 0 aromatic carbocycles. The number of likely N-dealkylation sites (tertiary alicyclic amines) is 1. The number of aromatic nitrogens is 1. The van der Waals surface area contributed by atoms with Crippen LogP contribution in [0.25, 0.3) is 0 Å². The molecule has 2 aliphatic carbocycles. The zero-order valence-corrected chi connectivity index (χ0v) is 12.1. The third-order valence-corrected chi connectivity index (χ3v) is 5.22. The van der Waals surface area contributed by atoms with E-state index in [4.69, 9.17) is 0 Å². The van der Waals surface area contributed by atoms with Gasteiger partial charge in [-0.3, -0.25) is 9.59 Å². The average molecular weight is 287 g/mol. The second kappa shape index (κ2) is 4.61. The Morgan fingerprint density at radius 3 is 2.81 bits per heavy atom. The highest BCUT2D eigenvalue weighted by molar-refractivity contribution is 5.94. The summed E-state index contributed by atoms with van der Waals surface area (Å²) in [5.74, 6) is 0.656. The minimum atomic E-state index is 0.124. The third-order valence-electron chi connectivity index (χ3n) is 5.22. The molecule has 1 spiro atoms. The van der Waals surface area contributed by atoms with Crippen LogP contribution in [0.5, 0.6) is 0 Å². The maximum absolute atomic E-state index is 12.3. The minimum absolute atomic E-state index is 0.124. The van der Waals surface area contributed by atoms with E-state index in [-0.39, 0.29) is 23.1 Å². The first-order chi connectivity index (χ1) is 10.2. The van der Waals surface area contributed by atoms with E-state index in [1.54, 1.807) is 12.4 Å². The molecule has 0 atom stereocenters. The highest BCUT2D eigenvalue weighted by Gasteiger charge is 2.50. The summed E-state index contributed by atoms with van der Waals surface area (Å²) in [6.07, 6.45) is 8.79. The zero-order chi connectivity index (χ0) is 14.4. The molecule has 5 heteroatoms. The fraction of sp³-hybridized carbons (Fsp3) is 0.625. The maximum atomic E-state index is 12.3. The predicted molar refractivity (Wildman–Crippen MR) is 77.6 cm³/mol. The third kappa shape index (κ3) is 2.34. The highest BCUT2D eigenvalue weighted by Crippen LogP contribution is 2.48. The standard InChI is InChI=1S/C16H21N3O2/c20-14(11-1-2-11)18-13-7-16(8-13)4-6-19(10-16)15(21)12-3-5-17-9-12/h3,5,9,11,13,17H,1-2,4,6-8,10H2,(H,18,20). The van der Waals surface area contributed by atoms with Crippen LogP contribution in [-0.4, -0.2) is 40.8 Å². The number of H-pyrrole nitrogens is 1. The zero-order valence-electron chi connectivity index (χ0n) is 12.1. The molecule has 21 heavy (non-hydrogen) atoms. The van der Waals surface area contributed by atoms with Gasteiger partial charge in [0.1, 0.15) is 0 Å². The summed E-state index contributed by atoms with van der Waals surface area (Å²) in [4.78, 5) is 29.0. The van der Waals surface area contributed by atoms with E-state index in [2.05, 4.69) is 10.3 Å². The quantitative estimate of drug-likeness (QED) is 0.885. The normalized spacial score (nSPS) is 31.2. The van der Waals surface area contributed by atoms with Crippen LogP contribution in [0.1, 0.15) is 42.5 Å². The van der Waals surface area contributed by atoms with Crippen molar-refractivity contribution in [3.63, 3.8) is 0 Å². The highest BCUT2D eigenvalue weighted by atomic mass is 16.2. The molecular formula is C16H21N3O2. The van der Waals surface area contributed by atoms with E-state index in [1.807, 2.05) is 11.0 Å². The Hall–Kier alpha value is -1.78. The van der Waals surface area contributed by atoms with Crippen molar-refractivity contribution >= 4 is 11.8 Å². The lowest BCUT2D eigenvalue weighted by Crippen LogP contribution is -2.52. The van der Waals surface area contributed by atoms with Gasteiger partial charge in [-0.05, 0) is 43.6 Å². The maximum Gasteiger partial charge on any atom is 0.255 e. The lowest BCUT2D eigenvalue weighted by Gasteiger charge is -2.45. The summed E-state index contributed by atoms with van der Waals surface area (Å²) >= 11 is 0. The van der Waals surface area contributed by atoms with Gasteiger partial charge in [0.25, 0.3) is 5.91 Å². The molecule has 3 fully saturated rings. The lowest BCUT2D eigenvalue weighted by molar-refractivity contribution is -0.124. The van der Waals surface area contributed by atoms with Gasteiger partial charge >= 0.3 is 0 Å². The molecule has 3 aliphatic rings. The second-order valence-electron chi connectivity index (χ2n) is 6.96. The molecule has 1 saturated heterocycles. The first kappa shape index (κ1) is 12.9. The number of carbonyl (C=O) groups is 2. The summed E-state index contributed by atoms with van der Waals surface area (Å²) in [7, 11) is 0. The number of amides is 2. The fourth-order valence-electron chi connectivity index (χ4n) is 3.83. The topological polar surface area (TPSA) is 65.2 Å². The number of hydrogen-bond acceptors (Lipinski definition) is 2. The summed E-state index contributed by atoms with van der Waals surface area (Å²) in [5, 5.41) is 3.15. The van der Waals surface area contributed by atoms with Crippen molar-refractivity contribution in [2.24, 2.45) is 11.3 Å². The van der Waals surface area contributed by atoms with Crippen LogP contribution in [0.4, 0.5) is 0 Å². The Bertz CT molecular complexity index is 556. The molecule has 112 valence electrons. The number of rotatable bonds is 3. The van der Waals surface area contributed by atoms with Gasteiger partial charge in [0.2, 0.25) is 5.91 Å². The molecule has 2 heterocycles. The van der Waals surface area contributed by atoms with Crippen LogP contribution < -0.4 is 5.32 Å². The molecule has 0 unspecified atom stereocenters. The Labute approximate surface area is 124 Å². The summed E-state index contributed by atoms with van der Waals surface area (Å²) < 4.78 is 0. The Balaban J connectivity index is 1.31. The second-order valence-corrected chi connectivity index (χ2v) is 6.96. The molecule has 1 aromatic rings. The Kier molecular flexibility index (Phi) is 2.84. The SMILES string of the molecule is O=C(NC1CC2(CCN(C(=O)c3cc[nH]c3)C2)C1)C1CC1. The molecule has 4 rings (SSSR count). The van der Waals surface area contributed by atoms with Gasteiger partial charge in [-0.15, -0.1) is 0 Å². The van der Waals surface area contributed by atoms with Crippen LogP contribution in [0, 0.1) is 11.3 Å². The van der Waals surface area contributed by atoms with E-state index in [1.165, 1.54) is 0 Å². The smallest absolute Gasteiger partial charge is 0.255 e. The van der Waals surface area contributed by atoms with Crippen molar-refractivity contribution in [3.05, 3.63) is 24.0 Å². The van der Waals surface area contributed by atoms with E-state index in [0.29, 0.717) is 6.04 Å². The molecule has 2 saturated carbocycles. The van der Waals surface area contributed by atoms with Crippen LogP contribution in [0.3, 0.4) is 0 Å². The molecule has 2 N–H and O–H groups in total. The predicted octanol–water partition coefficient (Wildman–Crippen LogP) is 1.54. The van der Waals surface area contributed by atoms with Crippen molar-refractivity contribution in [1.29, 1.82) is 0 Å². The minimum Gasteiger partial charge on any atom is -0.367 e. The first-order valence-electron chi connectivity index (χ1n) is 7.88. The average Bonchev–Trinajstić information content (AvgIpc) is 2.99. The van der Waals surface area contributed by atoms with Gasteiger partial charge in [-0.1, -0.05) is 0 Å². The van der Waals surface area contributed by atoms with Crippen LogP contribution >= 0.6 is 0 Å². The monoisotopic (exact) mass is 287 g/mol. The Morgan fingerprint density at radius 2 is 2.14 bits per heavy atom. The number of nitrogens with zero attached hydrogens (tertiary/aromatic N) is 1. The molecule has 1 aromatic heterocycles. The van der Waals surface area contributed by atoms with E-state index < -0.39 is 0 Å². The van der Waals surface area contributed by atoms with Crippen LogP contribution in [0.2, 0.25) is 0 Å². The fourth-order valence-corrected chi connectivity index (χ4v) is 3.83. The van der Waals surface area contributed by atoms with Gasteiger partial charge in [0.05, 0.1) is 5.56 Å². The summed E-state index contributed by atoms with van der Waals surface area (Å²) in [6, 6.07) is 2.16. The van der Waals surface area contributed by atoms with Gasteiger partial charge in [-0.25, -0.2) is 0 Å². The molecular weight excluding hydrogens is 266 g/mol. The largest absolute Gasteiger partial charge is 0.367 e. The summed E-state index contributed by atoms with van der Waals surface area (Å²) in [5.41, 5.74) is 0.998. The molecule has 5 nitrogen and oxygen atoms in total. The van der Waals surface area contributed by atoms with Crippen molar-refractivity contribution < 1.29 is 9.59 Å². The Morgan fingerprint density at radius 1 is 1.33 bits per heavy atom. The van der Waals surface area contributed by atoms with Gasteiger partial charge in [-0.2, -0.15) is 0 Å². The van der Waals surface area contributed by atoms with Gasteiger partial charge < -0.3 is 15.2 Å². The van der Waals surface area contributed by atoms with Gasteiger partial charge in [0.15, 0.2) is 0 Å². The molecule has 0 radical (unpaired) electrons. The van der Waals surface area contributed by atoms with E-state index >= 15 is 0 Å². The lowest BCUT2D eigenvalue weighted by atomic mass is 9.65. The number of hydrogen-bond donors (Lipinski definition) is 2. The van der Waals surface area contributed by atoms with E-state index in [0.717, 1.165) is 50.8 Å². The van der Waals surface area contributed by atoms with Gasteiger partial charge in [0, 0.05) is 37.4 Å². The number of aromatic amines is 1. The molecule has 1 aliphatic heterocycles. The first-order valence-corrected chi connectivity index (χ1v) is 7.88. The molecule has 0 bridgehead atoms.